The Kier molecular flexibility index (Phi) is 3.87. The number of nitrogens with zero attached hydrogens (tertiary/aromatic N) is 2. The monoisotopic (exact) mass is 285 g/mol. The molecule has 2 rings (SSSR count). The van der Waals surface area contributed by atoms with Crippen LogP contribution in [0, 0.1) is 10.1 Å². The zero-order valence-corrected chi connectivity index (χ0v) is 10.6. The summed E-state index contributed by atoms with van der Waals surface area (Å²) in [5.41, 5.74) is 0.101. The second-order valence-corrected chi connectivity index (χ2v) is 4.58. The van der Waals surface area contributed by atoms with Crippen molar-refractivity contribution in [1.82, 2.24) is 5.32 Å². The highest BCUT2D eigenvalue weighted by Gasteiger charge is 2.32. The van der Waals surface area contributed by atoms with Gasteiger partial charge in [-0.3, -0.25) is 10.1 Å². The number of benzene rings is 1. The number of carboxylic acid groups (broad SMARTS) is 1. The largest absolute Gasteiger partial charge is 0.480 e. The minimum absolute atomic E-state index is 0.141. The Morgan fingerprint density at radius 3 is 2.95 bits per heavy atom. The maximum absolute atomic E-state index is 11.2. The molecule has 1 unspecified atom stereocenters. The molecule has 1 aromatic rings. The third-order valence-electron chi connectivity index (χ3n) is 2.97. The highest BCUT2D eigenvalue weighted by molar-refractivity contribution is 6.31. The van der Waals surface area contributed by atoms with Gasteiger partial charge in [-0.15, -0.1) is 0 Å². The van der Waals surface area contributed by atoms with Crippen LogP contribution in [0.5, 0.6) is 0 Å². The summed E-state index contributed by atoms with van der Waals surface area (Å²) in [5.74, 6) is -1.03. The predicted octanol–water partition coefficient (Wildman–Crippen LogP) is 1.11. The summed E-state index contributed by atoms with van der Waals surface area (Å²) in [6.07, 6.45) is 0. The van der Waals surface area contributed by atoms with Gasteiger partial charge in [0.2, 0.25) is 0 Å². The molecule has 1 aliphatic rings. The number of rotatable bonds is 3. The zero-order chi connectivity index (χ0) is 14.0. The number of nitro groups is 1. The van der Waals surface area contributed by atoms with Crippen LogP contribution in [-0.4, -0.2) is 41.7 Å². The number of nitrogens with one attached hydrogen (secondary N) is 1. The Labute approximate surface area is 113 Å². The number of hydrogen-bond acceptors (Lipinski definition) is 5. The van der Waals surface area contributed by atoms with E-state index in [2.05, 4.69) is 5.32 Å². The third-order valence-corrected chi connectivity index (χ3v) is 3.21. The Morgan fingerprint density at radius 2 is 2.32 bits per heavy atom. The minimum atomic E-state index is -1.03. The second-order valence-electron chi connectivity index (χ2n) is 4.14. The van der Waals surface area contributed by atoms with Crippen molar-refractivity contribution in [3.05, 3.63) is 33.3 Å². The van der Waals surface area contributed by atoms with Crippen molar-refractivity contribution in [2.45, 2.75) is 6.04 Å². The average molecular weight is 286 g/mol. The van der Waals surface area contributed by atoms with Gasteiger partial charge >= 0.3 is 5.97 Å². The average Bonchev–Trinajstić information content (AvgIpc) is 2.38. The highest BCUT2D eigenvalue weighted by Crippen LogP contribution is 2.32. The molecule has 0 spiro atoms. The van der Waals surface area contributed by atoms with Crippen LogP contribution in [0.3, 0.4) is 0 Å². The van der Waals surface area contributed by atoms with Gasteiger partial charge in [-0.05, 0) is 12.1 Å². The molecule has 1 aromatic carbocycles. The lowest BCUT2D eigenvalue weighted by Gasteiger charge is -2.34. The van der Waals surface area contributed by atoms with E-state index >= 15 is 0 Å². The topological polar surface area (TPSA) is 95.7 Å². The molecule has 0 aromatic heterocycles. The first kappa shape index (κ1) is 13.6. The van der Waals surface area contributed by atoms with Gasteiger partial charge in [0.25, 0.3) is 5.69 Å². The van der Waals surface area contributed by atoms with E-state index in [9.17, 15) is 20.0 Å². The quantitative estimate of drug-likeness (QED) is 0.638. The Hall–Kier alpha value is -1.86. The molecule has 1 saturated heterocycles. The Morgan fingerprint density at radius 1 is 1.58 bits per heavy atom. The lowest BCUT2D eigenvalue weighted by Crippen LogP contribution is -2.55. The fraction of sp³-hybridized carbons (Fsp3) is 0.364. The Balaban J connectivity index is 2.46. The van der Waals surface area contributed by atoms with Gasteiger partial charge < -0.3 is 15.3 Å². The van der Waals surface area contributed by atoms with Crippen LogP contribution in [0.2, 0.25) is 5.02 Å². The maximum atomic E-state index is 11.2. The van der Waals surface area contributed by atoms with Crippen molar-refractivity contribution in [3.63, 3.8) is 0 Å². The van der Waals surface area contributed by atoms with Gasteiger partial charge in [0.15, 0.2) is 0 Å². The van der Waals surface area contributed by atoms with Gasteiger partial charge in [-0.2, -0.15) is 0 Å². The van der Waals surface area contributed by atoms with Gasteiger partial charge in [-0.25, -0.2) is 4.79 Å². The van der Waals surface area contributed by atoms with Crippen LogP contribution in [0.1, 0.15) is 0 Å². The summed E-state index contributed by atoms with van der Waals surface area (Å²) < 4.78 is 0. The standard InChI is InChI=1S/C11H12ClN3O4/c12-7-1-2-8(15(18)19)9(5-7)14-4-3-13-6-10(14)11(16)17/h1-2,5,10,13H,3-4,6H2,(H,16,17). The number of halogens is 1. The number of piperazine rings is 1. The first-order valence-corrected chi connectivity index (χ1v) is 6.02. The molecule has 0 bridgehead atoms. The van der Waals surface area contributed by atoms with Gasteiger partial charge in [0.1, 0.15) is 11.7 Å². The first-order chi connectivity index (χ1) is 9.00. The van der Waals surface area contributed by atoms with E-state index in [0.717, 1.165) is 0 Å². The van der Waals surface area contributed by atoms with Crippen molar-refractivity contribution in [1.29, 1.82) is 0 Å². The van der Waals surface area contributed by atoms with Crippen molar-refractivity contribution in [3.8, 4) is 0 Å². The number of nitro benzene ring substituents is 1. The van der Waals surface area contributed by atoms with E-state index in [4.69, 9.17) is 11.6 Å². The molecule has 1 heterocycles. The van der Waals surface area contributed by atoms with E-state index < -0.39 is 16.9 Å². The van der Waals surface area contributed by atoms with Crippen LogP contribution in [0.4, 0.5) is 11.4 Å². The summed E-state index contributed by atoms with van der Waals surface area (Å²) in [6.45, 7) is 1.17. The second kappa shape index (κ2) is 5.41. The molecule has 19 heavy (non-hydrogen) atoms. The summed E-state index contributed by atoms with van der Waals surface area (Å²) >= 11 is 5.86. The van der Waals surface area contributed by atoms with Crippen molar-refractivity contribution in [2.24, 2.45) is 0 Å². The molecule has 0 aliphatic carbocycles. The summed E-state index contributed by atoms with van der Waals surface area (Å²) in [4.78, 5) is 23.2. The molecule has 1 aliphatic heterocycles. The molecule has 7 nitrogen and oxygen atoms in total. The minimum Gasteiger partial charge on any atom is -0.480 e. The summed E-state index contributed by atoms with van der Waals surface area (Å²) in [7, 11) is 0. The molecule has 0 saturated carbocycles. The highest BCUT2D eigenvalue weighted by atomic mass is 35.5. The SMILES string of the molecule is O=C(O)C1CNCCN1c1cc(Cl)ccc1[N+](=O)[O-]. The molecule has 0 amide bonds. The van der Waals surface area contributed by atoms with Crippen LogP contribution in [0.15, 0.2) is 18.2 Å². The summed E-state index contributed by atoms with van der Waals surface area (Å²) in [6, 6.07) is 3.30. The van der Waals surface area contributed by atoms with Gasteiger partial charge in [0, 0.05) is 30.7 Å². The molecule has 1 fully saturated rings. The van der Waals surface area contributed by atoms with Crippen molar-refractivity contribution in [2.75, 3.05) is 24.5 Å². The number of hydrogen-bond donors (Lipinski definition) is 2. The smallest absolute Gasteiger partial charge is 0.327 e. The van der Waals surface area contributed by atoms with Gasteiger partial charge in [0.05, 0.1) is 4.92 Å². The van der Waals surface area contributed by atoms with Crippen LogP contribution < -0.4 is 10.2 Å². The number of anilines is 1. The van der Waals surface area contributed by atoms with E-state index in [1.807, 2.05) is 0 Å². The molecule has 8 heteroatoms. The number of carbonyl (C=O) groups is 1. The van der Waals surface area contributed by atoms with Crippen LogP contribution in [-0.2, 0) is 4.79 Å². The number of carboxylic acids is 1. The van der Waals surface area contributed by atoms with Crippen molar-refractivity contribution >= 4 is 28.9 Å². The van der Waals surface area contributed by atoms with Crippen molar-refractivity contribution < 1.29 is 14.8 Å². The predicted molar refractivity (Wildman–Crippen MR) is 69.7 cm³/mol. The summed E-state index contributed by atoms with van der Waals surface area (Å²) in [5, 5.41) is 23.5. The molecule has 2 N–H and O–H groups in total. The third kappa shape index (κ3) is 2.77. The number of aliphatic carboxylic acids is 1. The lowest BCUT2D eigenvalue weighted by atomic mass is 10.1. The zero-order valence-electron chi connectivity index (χ0n) is 9.88. The molecular weight excluding hydrogens is 274 g/mol. The van der Waals surface area contributed by atoms with E-state index in [1.54, 1.807) is 0 Å². The van der Waals surface area contributed by atoms with E-state index in [-0.39, 0.29) is 17.9 Å². The lowest BCUT2D eigenvalue weighted by molar-refractivity contribution is -0.384. The Bertz CT molecular complexity index is 523. The molecule has 1 atom stereocenters. The maximum Gasteiger partial charge on any atom is 0.327 e. The first-order valence-electron chi connectivity index (χ1n) is 5.65. The normalized spacial score (nSPS) is 19.2. The van der Waals surface area contributed by atoms with Crippen LogP contribution >= 0.6 is 11.6 Å². The fourth-order valence-corrected chi connectivity index (χ4v) is 2.26. The van der Waals surface area contributed by atoms with Gasteiger partial charge in [-0.1, -0.05) is 11.6 Å². The van der Waals surface area contributed by atoms with E-state index in [0.29, 0.717) is 18.1 Å². The van der Waals surface area contributed by atoms with E-state index in [1.165, 1.54) is 23.1 Å². The van der Waals surface area contributed by atoms with Crippen LogP contribution in [0.25, 0.3) is 0 Å². The molecule has 102 valence electrons. The molecular formula is C11H12ClN3O4. The fourth-order valence-electron chi connectivity index (χ4n) is 2.09. The molecule has 0 radical (unpaired) electrons.